The molecule has 0 spiro atoms. The van der Waals surface area contributed by atoms with Gasteiger partial charge in [0.25, 0.3) is 5.91 Å². The van der Waals surface area contributed by atoms with Crippen molar-refractivity contribution in [2.24, 2.45) is 0 Å². The van der Waals surface area contributed by atoms with Crippen molar-refractivity contribution in [1.29, 1.82) is 0 Å². The topological polar surface area (TPSA) is 97.0 Å². The molecule has 132 valence electrons. The Balaban J connectivity index is 2.09. The number of carboxylic acids is 1. The van der Waals surface area contributed by atoms with Gasteiger partial charge in [0.05, 0.1) is 18.4 Å². The average molecular weight is 353 g/mol. The zero-order chi connectivity index (χ0) is 18.8. The minimum Gasteiger partial charge on any atom is -0.493 e. The molecule has 26 heavy (non-hydrogen) atoms. The van der Waals surface area contributed by atoms with E-state index in [1.807, 2.05) is 0 Å². The lowest BCUT2D eigenvalue weighted by atomic mass is 10.1. The molecule has 0 atom stereocenters. The molecule has 0 aliphatic heterocycles. The highest BCUT2D eigenvalue weighted by molar-refractivity contribution is 6.09. The molecule has 7 heteroatoms. The number of rotatable bonds is 4. The molecule has 0 fully saturated rings. The lowest BCUT2D eigenvalue weighted by Crippen LogP contribution is -2.31. The first kappa shape index (κ1) is 17.2. The van der Waals surface area contributed by atoms with Gasteiger partial charge in [-0.15, -0.1) is 0 Å². The van der Waals surface area contributed by atoms with Crippen LogP contribution in [0, 0.1) is 0 Å². The van der Waals surface area contributed by atoms with Crippen LogP contribution in [0.2, 0.25) is 0 Å². The second-order valence-electron chi connectivity index (χ2n) is 5.51. The van der Waals surface area contributed by atoms with E-state index in [4.69, 9.17) is 9.15 Å². The van der Waals surface area contributed by atoms with Crippen LogP contribution < -0.4 is 15.3 Å². The van der Waals surface area contributed by atoms with Crippen LogP contribution in [0.5, 0.6) is 5.75 Å². The minimum absolute atomic E-state index is 0.0461. The van der Waals surface area contributed by atoms with Gasteiger partial charge in [-0.3, -0.25) is 4.79 Å². The number of benzene rings is 2. The average Bonchev–Trinajstić information content (AvgIpc) is 2.65. The van der Waals surface area contributed by atoms with Crippen LogP contribution in [0.3, 0.4) is 0 Å². The number of methoxy groups -OCH3 is 1. The number of anilines is 1. The standard InChI is InChI=1S/C19H15NO6/c1-20(14-8-4-3-7-12(14)18(22)23)17(21)13-10-11-6-5-9-15(25-2)16(11)26-19(13)24/h3-10H,1-2H3,(H,22,23). The maximum absolute atomic E-state index is 12.8. The zero-order valence-electron chi connectivity index (χ0n) is 14.1. The Morgan fingerprint density at radius 2 is 1.81 bits per heavy atom. The lowest BCUT2D eigenvalue weighted by molar-refractivity contribution is 0.0697. The second kappa shape index (κ2) is 6.72. The number of carbonyl (C=O) groups is 2. The van der Waals surface area contributed by atoms with Crippen molar-refractivity contribution in [3.63, 3.8) is 0 Å². The van der Waals surface area contributed by atoms with Gasteiger partial charge in [-0.1, -0.05) is 24.3 Å². The van der Waals surface area contributed by atoms with Crippen molar-refractivity contribution < 1.29 is 23.8 Å². The summed E-state index contributed by atoms with van der Waals surface area (Å²) < 4.78 is 10.4. The van der Waals surface area contributed by atoms with E-state index in [1.54, 1.807) is 30.3 Å². The monoisotopic (exact) mass is 353 g/mol. The second-order valence-corrected chi connectivity index (χ2v) is 5.51. The first-order chi connectivity index (χ1) is 12.4. The number of amides is 1. The summed E-state index contributed by atoms with van der Waals surface area (Å²) in [6.45, 7) is 0. The van der Waals surface area contributed by atoms with E-state index in [0.717, 1.165) is 4.90 Å². The molecule has 0 bridgehead atoms. The summed E-state index contributed by atoms with van der Waals surface area (Å²) in [7, 11) is 2.85. The van der Waals surface area contributed by atoms with Gasteiger partial charge in [0, 0.05) is 12.4 Å². The summed E-state index contributed by atoms with van der Waals surface area (Å²) >= 11 is 0. The van der Waals surface area contributed by atoms with E-state index < -0.39 is 17.5 Å². The van der Waals surface area contributed by atoms with Crippen molar-refractivity contribution in [2.45, 2.75) is 0 Å². The summed E-state index contributed by atoms with van der Waals surface area (Å²) in [5.74, 6) is -1.46. The van der Waals surface area contributed by atoms with E-state index in [1.165, 1.54) is 32.4 Å². The summed E-state index contributed by atoms with van der Waals surface area (Å²) in [6.07, 6.45) is 0. The predicted octanol–water partition coefficient (Wildman–Crippen LogP) is 2.78. The molecule has 1 aromatic heterocycles. The number of hydrogen-bond donors (Lipinski definition) is 1. The molecule has 1 amide bonds. The molecular weight excluding hydrogens is 338 g/mol. The highest BCUT2D eigenvalue weighted by Crippen LogP contribution is 2.26. The van der Waals surface area contributed by atoms with Crippen molar-refractivity contribution in [3.8, 4) is 5.75 Å². The van der Waals surface area contributed by atoms with E-state index in [2.05, 4.69) is 0 Å². The third kappa shape index (κ3) is 2.90. The Morgan fingerprint density at radius 1 is 1.08 bits per heavy atom. The fraction of sp³-hybridized carbons (Fsp3) is 0.105. The molecule has 0 radical (unpaired) electrons. The number of ether oxygens (including phenoxy) is 1. The molecule has 1 heterocycles. The highest BCUT2D eigenvalue weighted by Gasteiger charge is 2.23. The van der Waals surface area contributed by atoms with E-state index >= 15 is 0 Å². The SMILES string of the molecule is COc1cccc2cc(C(=O)N(C)c3ccccc3C(=O)O)c(=O)oc12. The minimum atomic E-state index is -1.17. The zero-order valence-corrected chi connectivity index (χ0v) is 14.1. The Kier molecular flexibility index (Phi) is 4.45. The van der Waals surface area contributed by atoms with E-state index in [-0.39, 0.29) is 22.4 Å². The smallest absolute Gasteiger partial charge is 0.349 e. The van der Waals surface area contributed by atoms with Gasteiger partial charge in [-0.05, 0) is 24.3 Å². The number of nitrogens with zero attached hydrogens (tertiary/aromatic N) is 1. The van der Waals surface area contributed by atoms with Gasteiger partial charge >= 0.3 is 11.6 Å². The number of carboxylic acid groups (broad SMARTS) is 1. The van der Waals surface area contributed by atoms with Crippen molar-refractivity contribution in [2.75, 3.05) is 19.1 Å². The Hall–Kier alpha value is -3.61. The van der Waals surface area contributed by atoms with Gasteiger partial charge in [0.15, 0.2) is 11.3 Å². The maximum atomic E-state index is 12.8. The van der Waals surface area contributed by atoms with E-state index in [0.29, 0.717) is 11.1 Å². The number of para-hydroxylation sites is 2. The molecule has 0 aliphatic carbocycles. The fourth-order valence-electron chi connectivity index (χ4n) is 2.66. The quantitative estimate of drug-likeness (QED) is 0.725. The molecule has 7 nitrogen and oxygen atoms in total. The van der Waals surface area contributed by atoms with Crippen LogP contribution in [0.1, 0.15) is 20.7 Å². The largest absolute Gasteiger partial charge is 0.493 e. The molecule has 3 rings (SSSR count). The summed E-state index contributed by atoms with van der Waals surface area (Å²) in [6, 6.07) is 12.5. The normalized spacial score (nSPS) is 10.5. The molecule has 0 saturated heterocycles. The first-order valence-corrected chi connectivity index (χ1v) is 7.65. The van der Waals surface area contributed by atoms with Gasteiger partial charge in [-0.2, -0.15) is 0 Å². The van der Waals surface area contributed by atoms with Crippen LogP contribution in [-0.2, 0) is 0 Å². The van der Waals surface area contributed by atoms with Gasteiger partial charge < -0.3 is 19.2 Å². The van der Waals surface area contributed by atoms with Crippen LogP contribution in [0.15, 0.2) is 57.7 Å². The van der Waals surface area contributed by atoms with Crippen LogP contribution in [-0.4, -0.2) is 31.1 Å². The molecule has 0 aliphatic rings. The Morgan fingerprint density at radius 3 is 2.50 bits per heavy atom. The third-order valence-corrected chi connectivity index (χ3v) is 3.97. The van der Waals surface area contributed by atoms with Crippen molar-refractivity contribution >= 4 is 28.5 Å². The van der Waals surface area contributed by atoms with Crippen LogP contribution >= 0.6 is 0 Å². The summed E-state index contributed by atoms with van der Waals surface area (Å²) in [4.78, 5) is 37.6. The summed E-state index contributed by atoms with van der Waals surface area (Å²) in [5, 5.41) is 9.81. The molecule has 1 N–H and O–H groups in total. The van der Waals surface area contributed by atoms with Crippen LogP contribution in [0.25, 0.3) is 11.0 Å². The number of fused-ring (bicyclic) bond motifs is 1. The molecule has 3 aromatic rings. The number of carbonyl (C=O) groups excluding carboxylic acids is 1. The number of aromatic carboxylic acids is 1. The van der Waals surface area contributed by atoms with Gasteiger partial charge in [-0.25, -0.2) is 9.59 Å². The first-order valence-electron chi connectivity index (χ1n) is 7.65. The predicted molar refractivity (Wildman–Crippen MR) is 95.2 cm³/mol. The Labute approximate surface area is 148 Å². The highest BCUT2D eigenvalue weighted by atomic mass is 16.5. The molecular formula is C19H15NO6. The van der Waals surface area contributed by atoms with Gasteiger partial charge in [0.2, 0.25) is 0 Å². The Bertz CT molecular complexity index is 1070. The lowest BCUT2D eigenvalue weighted by Gasteiger charge is -2.19. The molecule has 0 unspecified atom stereocenters. The van der Waals surface area contributed by atoms with Crippen molar-refractivity contribution in [3.05, 3.63) is 70.1 Å². The molecule has 2 aromatic carbocycles. The van der Waals surface area contributed by atoms with Crippen LogP contribution in [0.4, 0.5) is 5.69 Å². The summed E-state index contributed by atoms with van der Waals surface area (Å²) in [5.41, 5.74) is -0.657. The fourth-order valence-corrected chi connectivity index (χ4v) is 2.66. The van der Waals surface area contributed by atoms with Crippen molar-refractivity contribution in [1.82, 2.24) is 0 Å². The van der Waals surface area contributed by atoms with E-state index in [9.17, 15) is 19.5 Å². The third-order valence-electron chi connectivity index (χ3n) is 3.97. The maximum Gasteiger partial charge on any atom is 0.349 e. The molecule has 0 saturated carbocycles. The number of hydrogen-bond acceptors (Lipinski definition) is 5. The van der Waals surface area contributed by atoms with Gasteiger partial charge in [0.1, 0.15) is 5.56 Å².